The minimum atomic E-state index is -0.321. The number of rotatable bonds is 5. The smallest absolute Gasteiger partial charge is 0.318 e. The molecule has 1 saturated heterocycles. The standard InChI is InChI=1S/C17H23N5O2/c1-13(23)18-15(12-14-6-4-3-5-7-14)16-19-20-17(24-16)22-10-8-21(2)9-11-22/h3-7,15H,8-12H2,1-2H3,(H,18,23). The van der Waals surface area contributed by atoms with Crippen molar-refractivity contribution < 1.29 is 9.21 Å². The second-order valence-electron chi connectivity index (χ2n) is 6.16. The Morgan fingerprint density at radius 1 is 1.21 bits per heavy atom. The van der Waals surface area contributed by atoms with Crippen LogP contribution < -0.4 is 10.2 Å². The Balaban J connectivity index is 1.74. The van der Waals surface area contributed by atoms with Gasteiger partial charge in [0.2, 0.25) is 11.8 Å². The molecule has 24 heavy (non-hydrogen) atoms. The van der Waals surface area contributed by atoms with Crippen LogP contribution in [0.15, 0.2) is 34.7 Å². The first-order valence-electron chi connectivity index (χ1n) is 8.20. The van der Waals surface area contributed by atoms with Crippen molar-refractivity contribution in [2.24, 2.45) is 0 Å². The van der Waals surface area contributed by atoms with Gasteiger partial charge in [-0.2, -0.15) is 0 Å². The van der Waals surface area contributed by atoms with Crippen LogP contribution >= 0.6 is 0 Å². The zero-order valence-electron chi connectivity index (χ0n) is 14.1. The number of carbonyl (C=O) groups is 1. The highest BCUT2D eigenvalue weighted by Gasteiger charge is 2.24. The average Bonchev–Trinajstić information content (AvgIpc) is 3.05. The fourth-order valence-corrected chi connectivity index (χ4v) is 2.79. The first-order chi connectivity index (χ1) is 11.6. The van der Waals surface area contributed by atoms with Crippen molar-refractivity contribution in [2.45, 2.75) is 19.4 Å². The Labute approximate surface area is 141 Å². The Morgan fingerprint density at radius 3 is 2.58 bits per heavy atom. The molecule has 1 amide bonds. The molecule has 1 aromatic carbocycles. The van der Waals surface area contributed by atoms with Gasteiger partial charge in [-0.1, -0.05) is 35.4 Å². The van der Waals surface area contributed by atoms with Crippen LogP contribution in [0.1, 0.15) is 24.4 Å². The zero-order chi connectivity index (χ0) is 16.9. The minimum Gasteiger partial charge on any atom is -0.406 e. The number of piperazine rings is 1. The molecule has 1 aromatic heterocycles. The fourth-order valence-electron chi connectivity index (χ4n) is 2.79. The van der Waals surface area contributed by atoms with E-state index in [1.807, 2.05) is 30.3 Å². The molecule has 0 bridgehead atoms. The number of nitrogens with zero attached hydrogens (tertiary/aromatic N) is 4. The summed E-state index contributed by atoms with van der Waals surface area (Å²) in [6.45, 7) is 5.16. The molecule has 0 aliphatic carbocycles. The Kier molecular flexibility index (Phi) is 5.10. The van der Waals surface area contributed by atoms with Crippen LogP contribution in [0.4, 0.5) is 6.01 Å². The molecule has 0 spiro atoms. The molecule has 3 rings (SSSR count). The molecule has 7 heteroatoms. The van der Waals surface area contributed by atoms with Gasteiger partial charge in [-0.15, -0.1) is 5.10 Å². The van der Waals surface area contributed by atoms with E-state index in [2.05, 4.69) is 32.4 Å². The summed E-state index contributed by atoms with van der Waals surface area (Å²) in [4.78, 5) is 15.9. The van der Waals surface area contributed by atoms with E-state index in [-0.39, 0.29) is 11.9 Å². The molecular formula is C17H23N5O2. The highest BCUT2D eigenvalue weighted by molar-refractivity contribution is 5.73. The van der Waals surface area contributed by atoms with Gasteiger partial charge in [0.15, 0.2) is 0 Å². The highest BCUT2D eigenvalue weighted by Crippen LogP contribution is 2.21. The van der Waals surface area contributed by atoms with Gasteiger partial charge in [-0.25, -0.2) is 0 Å². The van der Waals surface area contributed by atoms with Gasteiger partial charge in [0.05, 0.1) is 0 Å². The first kappa shape index (κ1) is 16.4. The van der Waals surface area contributed by atoms with Gasteiger partial charge in [0.1, 0.15) is 6.04 Å². The van der Waals surface area contributed by atoms with Gasteiger partial charge in [0.25, 0.3) is 0 Å². The number of likely N-dealkylation sites (N-methyl/N-ethyl adjacent to an activating group) is 1. The zero-order valence-corrected chi connectivity index (χ0v) is 14.1. The number of aromatic nitrogens is 2. The third-order valence-corrected chi connectivity index (χ3v) is 4.16. The van der Waals surface area contributed by atoms with E-state index >= 15 is 0 Å². The average molecular weight is 329 g/mol. The van der Waals surface area contributed by atoms with Crippen LogP contribution in [0.2, 0.25) is 0 Å². The van der Waals surface area contributed by atoms with Gasteiger partial charge in [-0.3, -0.25) is 4.79 Å². The predicted molar refractivity (Wildman–Crippen MR) is 90.7 cm³/mol. The van der Waals surface area contributed by atoms with Crippen LogP contribution in [-0.2, 0) is 11.2 Å². The van der Waals surface area contributed by atoms with E-state index in [9.17, 15) is 4.79 Å². The normalized spacial score (nSPS) is 16.8. The van der Waals surface area contributed by atoms with Gasteiger partial charge < -0.3 is 19.5 Å². The van der Waals surface area contributed by atoms with Crippen molar-refractivity contribution in [2.75, 3.05) is 38.1 Å². The van der Waals surface area contributed by atoms with Crippen molar-refractivity contribution in [1.82, 2.24) is 20.4 Å². The van der Waals surface area contributed by atoms with Crippen LogP contribution in [0.25, 0.3) is 0 Å². The van der Waals surface area contributed by atoms with Crippen molar-refractivity contribution >= 4 is 11.9 Å². The summed E-state index contributed by atoms with van der Waals surface area (Å²) in [6, 6.07) is 10.2. The second kappa shape index (κ2) is 7.44. The maximum Gasteiger partial charge on any atom is 0.318 e. The number of carbonyl (C=O) groups excluding carboxylic acids is 1. The van der Waals surface area contributed by atoms with Crippen molar-refractivity contribution in [3.8, 4) is 0 Å². The molecular weight excluding hydrogens is 306 g/mol. The molecule has 0 saturated carbocycles. The molecule has 1 aliphatic rings. The summed E-state index contributed by atoms with van der Waals surface area (Å²) < 4.78 is 5.86. The molecule has 7 nitrogen and oxygen atoms in total. The summed E-state index contributed by atoms with van der Waals surface area (Å²) in [5.41, 5.74) is 1.11. The lowest BCUT2D eigenvalue weighted by atomic mass is 10.1. The second-order valence-corrected chi connectivity index (χ2v) is 6.16. The number of benzene rings is 1. The number of amides is 1. The lowest BCUT2D eigenvalue weighted by molar-refractivity contribution is -0.119. The lowest BCUT2D eigenvalue weighted by Crippen LogP contribution is -2.44. The molecule has 1 fully saturated rings. The SMILES string of the molecule is CC(=O)NC(Cc1ccccc1)c1nnc(N2CCN(C)CC2)o1. The van der Waals surface area contributed by atoms with Crippen molar-refractivity contribution in [3.63, 3.8) is 0 Å². The number of hydrogen-bond donors (Lipinski definition) is 1. The third-order valence-electron chi connectivity index (χ3n) is 4.16. The summed E-state index contributed by atoms with van der Waals surface area (Å²) in [5, 5.41) is 11.3. The molecule has 1 N–H and O–H groups in total. The van der Waals surface area contributed by atoms with E-state index in [1.165, 1.54) is 6.92 Å². The van der Waals surface area contributed by atoms with Crippen molar-refractivity contribution in [3.05, 3.63) is 41.8 Å². The predicted octanol–water partition coefficient (Wildman–Crippen LogP) is 1.24. The van der Waals surface area contributed by atoms with Gasteiger partial charge >= 0.3 is 6.01 Å². The molecule has 2 aromatic rings. The Morgan fingerprint density at radius 2 is 1.92 bits per heavy atom. The quantitative estimate of drug-likeness (QED) is 0.890. The minimum absolute atomic E-state index is 0.115. The van der Waals surface area contributed by atoms with Gasteiger partial charge in [0, 0.05) is 39.5 Å². The van der Waals surface area contributed by atoms with Crippen LogP contribution in [-0.4, -0.2) is 54.2 Å². The van der Waals surface area contributed by atoms with E-state index in [4.69, 9.17) is 4.42 Å². The van der Waals surface area contributed by atoms with E-state index < -0.39 is 0 Å². The van der Waals surface area contributed by atoms with E-state index in [1.54, 1.807) is 0 Å². The van der Waals surface area contributed by atoms with Crippen LogP contribution in [0.5, 0.6) is 0 Å². The Bertz CT molecular complexity index is 665. The molecule has 1 unspecified atom stereocenters. The monoisotopic (exact) mass is 329 g/mol. The largest absolute Gasteiger partial charge is 0.406 e. The topological polar surface area (TPSA) is 74.5 Å². The number of hydrogen-bond acceptors (Lipinski definition) is 6. The summed E-state index contributed by atoms with van der Waals surface area (Å²) in [5.74, 6) is 0.332. The molecule has 128 valence electrons. The number of anilines is 1. The molecule has 0 radical (unpaired) electrons. The summed E-state index contributed by atoms with van der Waals surface area (Å²) >= 11 is 0. The molecule has 2 heterocycles. The fraction of sp³-hybridized carbons (Fsp3) is 0.471. The van der Waals surface area contributed by atoms with Crippen LogP contribution in [0, 0.1) is 0 Å². The third kappa shape index (κ3) is 4.11. The summed E-state index contributed by atoms with van der Waals surface area (Å²) in [6.07, 6.45) is 0.616. The number of nitrogens with one attached hydrogen (secondary N) is 1. The maximum absolute atomic E-state index is 11.5. The summed E-state index contributed by atoms with van der Waals surface area (Å²) in [7, 11) is 2.10. The molecule has 1 aliphatic heterocycles. The highest BCUT2D eigenvalue weighted by atomic mass is 16.4. The first-order valence-corrected chi connectivity index (χ1v) is 8.20. The lowest BCUT2D eigenvalue weighted by Gasteiger charge is -2.30. The maximum atomic E-state index is 11.5. The van der Waals surface area contributed by atoms with Crippen LogP contribution in [0.3, 0.4) is 0 Å². The van der Waals surface area contributed by atoms with Crippen molar-refractivity contribution in [1.29, 1.82) is 0 Å². The molecule has 1 atom stereocenters. The van der Waals surface area contributed by atoms with Gasteiger partial charge in [-0.05, 0) is 12.6 Å². The van der Waals surface area contributed by atoms with E-state index in [0.29, 0.717) is 18.3 Å². The van der Waals surface area contributed by atoms with E-state index in [0.717, 1.165) is 31.7 Å². The Hall–Kier alpha value is -2.41.